The maximum absolute atomic E-state index is 12.2. The second-order valence-corrected chi connectivity index (χ2v) is 7.15. The number of unbranched alkanes of at least 4 members (excludes halogenated alkanes) is 1. The van der Waals surface area contributed by atoms with Gasteiger partial charge in [0.25, 0.3) is 0 Å². The summed E-state index contributed by atoms with van der Waals surface area (Å²) in [7, 11) is -1.00. The van der Waals surface area contributed by atoms with Gasteiger partial charge in [-0.25, -0.2) is 8.42 Å². The highest BCUT2D eigenvalue weighted by molar-refractivity contribution is 7.89. The first-order chi connectivity index (χ1) is 8.47. The maximum atomic E-state index is 12.2. The average molecular weight is 277 g/mol. The van der Waals surface area contributed by atoms with Crippen molar-refractivity contribution in [1.29, 1.82) is 0 Å². The van der Waals surface area contributed by atoms with Crippen LogP contribution in [0.4, 0.5) is 0 Å². The van der Waals surface area contributed by atoms with Gasteiger partial charge in [-0.3, -0.25) is 0 Å². The van der Waals surface area contributed by atoms with Crippen LogP contribution in [0.3, 0.4) is 0 Å². The van der Waals surface area contributed by atoms with E-state index in [9.17, 15) is 8.42 Å². The predicted octanol–water partition coefficient (Wildman–Crippen LogP) is 0.342. The summed E-state index contributed by atoms with van der Waals surface area (Å²) in [6.45, 7) is 8.09. The number of sulfonamides is 1. The molecule has 0 aromatic heterocycles. The van der Waals surface area contributed by atoms with E-state index in [-0.39, 0.29) is 5.75 Å². The van der Waals surface area contributed by atoms with Crippen LogP contribution < -0.4 is 5.32 Å². The number of piperazine rings is 1. The minimum absolute atomic E-state index is 0.287. The molecule has 0 saturated carbocycles. The summed E-state index contributed by atoms with van der Waals surface area (Å²) in [4.78, 5) is 2.21. The lowest BCUT2D eigenvalue weighted by atomic mass is 10.2. The Kier molecular flexibility index (Phi) is 6.55. The molecule has 0 amide bonds. The van der Waals surface area contributed by atoms with E-state index in [1.165, 1.54) is 0 Å². The zero-order chi connectivity index (χ0) is 13.6. The van der Waals surface area contributed by atoms with Crippen LogP contribution in [0.25, 0.3) is 0 Å². The Morgan fingerprint density at radius 1 is 1.28 bits per heavy atom. The smallest absolute Gasteiger partial charge is 0.214 e. The highest BCUT2D eigenvalue weighted by Gasteiger charge is 2.28. The molecule has 1 saturated heterocycles. The fourth-order valence-electron chi connectivity index (χ4n) is 2.11. The highest BCUT2D eigenvalue weighted by atomic mass is 32.2. The van der Waals surface area contributed by atoms with E-state index in [0.29, 0.717) is 19.1 Å². The Morgan fingerprint density at radius 3 is 2.61 bits per heavy atom. The molecule has 0 aromatic carbocycles. The molecule has 1 unspecified atom stereocenters. The Balaban J connectivity index is 2.34. The second-order valence-electron chi connectivity index (χ2n) is 5.06. The summed E-state index contributed by atoms with van der Waals surface area (Å²) in [5.41, 5.74) is 0. The van der Waals surface area contributed by atoms with Gasteiger partial charge in [0.05, 0.1) is 5.75 Å². The third-order valence-corrected chi connectivity index (χ3v) is 5.49. The molecule has 18 heavy (non-hydrogen) atoms. The quantitative estimate of drug-likeness (QED) is 0.682. The van der Waals surface area contributed by atoms with Crippen molar-refractivity contribution in [1.82, 2.24) is 14.5 Å². The number of nitrogens with zero attached hydrogens (tertiary/aromatic N) is 2. The van der Waals surface area contributed by atoms with Gasteiger partial charge >= 0.3 is 0 Å². The molecule has 0 aliphatic carbocycles. The predicted molar refractivity (Wildman–Crippen MR) is 75.2 cm³/mol. The zero-order valence-electron chi connectivity index (χ0n) is 11.9. The van der Waals surface area contributed by atoms with Crippen molar-refractivity contribution < 1.29 is 8.42 Å². The largest absolute Gasteiger partial charge is 0.317 e. The van der Waals surface area contributed by atoms with Crippen LogP contribution in [0.15, 0.2) is 0 Å². The van der Waals surface area contributed by atoms with Gasteiger partial charge in [0, 0.05) is 25.7 Å². The third kappa shape index (κ3) is 4.84. The maximum Gasteiger partial charge on any atom is 0.214 e. The number of hydrogen-bond donors (Lipinski definition) is 1. The lowest BCUT2D eigenvalue weighted by Gasteiger charge is -2.36. The SMILES string of the molecule is CCNCCCCS(=O)(=O)N1CCN(C)C(C)C1. The Bertz CT molecular complexity index is 332. The molecule has 1 N–H and O–H groups in total. The van der Waals surface area contributed by atoms with E-state index in [4.69, 9.17) is 0 Å². The number of nitrogens with one attached hydrogen (secondary N) is 1. The van der Waals surface area contributed by atoms with E-state index < -0.39 is 10.0 Å². The average Bonchev–Trinajstić information content (AvgIpc) is 2.32. The van der Waals surface area contributed by atoms with Gasteiger partial charge in [0.15, 0.2) is 0 Å². The van der Waals surface area contributed by atoms with Crippen LogP contribution in [-0.4, -0.2) is 69.2 Å². The summed E-state index contributed by atoms with van der Waals surface area (Å²) in [6.07, 6.45) is 1.67. The number of rotatable bonds is 7. The Labute approximate surface area is 112 Å². The van der Waals surface area contributed by atoms with Gasteiger partial charge in [0.1, 0.15) is 0 Å². The first kappa shape index (κ1) is 15.9. The van der Waals surface area contributed by atoms with Crippen molar-refractivity contribution in [3.05, 3.63) is 0 Å². The van der Waals surface area contributed by atoms with Crippen molar-refractivity contribution in [2.24, 2.45) is 0 Å². The molecule has 0 spiro atoms. The van der Waals surface area contributed by atoms with Crippen molar-refractivity contribution in [3.63, 3.8) is 0 Å². The molecule has 5 nitrogen and oxygen atoms in total. The van der Waals surface area contributed by atoms with Gasteiger partial charge in [-0.05, 0) is 39.9 Å². The standard InChI is InChI=1S/C12H27N3O2S/c1-4-13-7-5-6-10-18(16,17)15-9-8-14(3)12(2)11-15/h12-13H,4-11H2,1-3H3. The lowest BCUT2D eigenvalue weighted by molar-refractivity contribution is 0.159. The van der Waals surface area contributed by atoms with E-state index in [1.54, 1.807) is 4.31 Å². The molecular weight excluding hydrogens is 250 g/mol. The molecule has 0 bridgehead atoms. The van der Waals surface area contributed by atoms with Crippen molar-refractivity contribution in [2.45, 2.75) is 32.7 Å². The fraction of sp³-hybridized carbons (Fsp3) is 1.00. The molecule has 0 aromatic rings. The Hall–Kier alpha value is -0.170. The number of likely N-dealkylation sites (N-methyl/N-ethyl adjacent to an activating group) is 1. The van der Waals surface area contributed by atoms with E-state index in [2.05, 4.69) is 24.1 Å². The van der Waals surface area contributed by atoms with E-state index in [1.807, 2.05) is 7.05 Å². The van der Waals surface area contributed by atoms with Crippen molar-refractivity contribution >= 4 is 10.0 Å². The molecule has 1 rings (SSSR count). The molecule has 1 aliphatic rings. The fourth-order valence-corrected chi connectivity index (χ4v) is 3.74. The first-order valence-corrected chi connectivity index (χ1v) is 8.47. The lowest BCUT2D eigenvalue weighted by Crippen LogP contribution is -2.52. The molecule has 1 fully saturated rings. The van der Waals surface area contributed by atoms with Crippen LogP contribution >= 0.6 is 0 Å². The molecular formula is C12H27N3O2S. The van der Waals surface area contributed by atoms with Gasteiger partial charge in [-0.15, -0.1) is 0 Å². The zero-order valence-corrected chi connectivity index (χ0v) is 12.7. The summed E-state index contributed by atoms with van der Waals surface area (Å²) >= 11 is 0. The summed E-state index contributed by atoms with van der Waals surface area (Å²) < 4.78 is 26.0. The van der Waals surface area contributed by atoms with Crippen molar-refractivity contribution in [2.75, 3.05) is 45.5 Å². The Morgan fingerprint density at radius 2 is 2.00 bits per heavy atom. The van der Waals surface area contributed by atoms with E-state index in [0.717, 1.165) is 32.5 Å². The van der Waals surface area contributed by atoms with Crippen LogP contribution in [0.2, 0.25) is 0 Å². The first-order valence-electron chi connectivity index (χ1n) is 6.86. The monoisotopic (exact) mass is 277 g/mol. The van der Waals surface area contributed by atoms with Gasteiger partial charge in [-0.1, -0.05) is 6.92 Å². The third-order valence-electron chi connectivity index (χ3n) is 3.57. The summed E-state index contributed by atoms with van der Waals surface area (Å²) in [6, 6.07) is 0.315. The summed E-state index contributed by atoms with van der Waals surface area (Å²) in [5, 5.41) is 3.21. The minimum Gasteiger partial charge on any atom is -0.317 e. The molecule has 1 atom stereocenters. The van der Waals surface area contributed by atoms with Gasteiger partial charge in [0.2, 0.25) is 10.0 Å². The molecule has 6 heteroatoms. The van der Waals surface area contributed by atoms with Crippen molar-refractivity contribution in [3.8, 4) is 0 Å². The highest BCUT2D eigenvalue weighted by Crippen LogP contribution is 2.12. The summed E-state index contributed by atoms with van der Waals surface area (Å²) in [5.74, 6) is 0.287. The second kappa shape index (κ2) is 7.43. The van der Waals surface area contributed by atoms with Crippen LogP contribution in [0.1, 0.15) is 26.7 Å². The molecule has 0 radical (unpaired) electrons. The topological polar surface area (TPSA) is 52.7 Å². The van der Waals surface area contributed by atoms with E-state index >= 15 is 0 Å². The minimum atomic E-state index is -3.05. The normalized spacial score (nSPS) is 23.4. The number of hydrogen-bond acceptors (Lipinski definition) is 4. The molecule has 108 valence electrons. The van der Waals surface area contributed by atoms with Gasteiger partial charge in [-0.2, -0.15) is 4.31 Å². The molecule has 1 heterocycles. The van der Waals surface area contributed by atoms with Crippen LogP contribution in [0.5, 0.6) is 0 Å². The van der Waals surface area contributed by atoms with Crippen LogP contribution in [-0.2, 0) is 10.0 Å². The molecule has 1 aliphatic heterocycles. The van der Waals surface area contributed by atoms with Crippen LogP contribution in [0, 0.1) is 0 Å². The van der Waals surface area contributed by atoms with Gasteiger partial charge < -0.3 is 10.2 Å².